The number of anilines is 1. The van der Waals surface area contributed by atoms with Crippen molar-refractivity contribution in [1.82, 2.24) is 5.32 Å². The van der Waals surface area contributed by atoms with Crippen molar-refractivity contribution < 1.29 is 9.53 Å². The van der Waals surface area contributed by atoms with E-state index in [4.69, 9.17) is 4.74 Å². The molecule has 1 atom stereocenters. The van der Waals surface area contributed by atoms with Crippen LogP contribution in [0.15, 0.2) is 24.3 Å². The van der Waals surface area contributed by atoms with Crippen molar-refractivity contribution in [3.8, 4) is 0 Å². The van der Waals surface area contributed by atoms with Crippen LogP contribution >= 0.6 is 0 Å². The minimum absolute atomic E-state index is 0.0326. The molecule has 0 radical (unpaired) electrons. The van der Waals surface area contributed by atoms with E-state index in [0.717, 1.165) is 25.1 Å². The molecule has 1 aliphatic rings. The van der Waals surface area contributed by atoms with Crippen LogP contribution in [0.2, 0.25) is 0 Å². The topological polar surface area (TPSA) is 41.6 Å². The van der Waals surface area contributed by atoms with Crippen molar-refractivity contribution in [2.24, 2.45) is 0 Å². The molecule has 1 saturated heterocycles. The van der Waals surface area contributed by atoms with Crippen molar-refractivity contribution in [3.05, 3.63) is 29.8 Å². The summed E-state index contributed by atoms with van der Waals surface area (Å²) in [6.07, 6.45) is 2.31. The number of hydrogen-bond acceptors (Lipinski definition) is 3. The van der Waals surface area contributed by atoms with Crippen molar-refractivity contribution in [1.29, 1.82) is 0 Å². The Morgan fingerprint density at radius 3 is 2.89 bits per heavy atom. The number of carbonyl (C=O) groups excluding carboxylic acids is 1. The summed E-state index contributed by atoms with van der Waals surface area (Å²) in [6, 6.07) is 7.61. The van der Waals surface area contributed by atoms with Crippen LogP contribution in [-0.4, -0.2) is 39.3 Å². The number of carbonyl (C=O) groups is 1. The smallest absolute Gasteiger partial charge is 0.253 e. The monoisotopic (exact) mass is 248 g/mol. The quantitative estimate of drug-likeness (QED) is 0.881. The number of rotatable bonds is 4. The second kappa shape index (κ2) is 5.87. The highest BCUT2D eigenvalue weighted by Crippen LogP contribution is 2.18. The summed E-state index contributed by atoms with van der Waals surface area (Å²) in [6.45, 7) is 1.41. The second-order valence-corrected chi connectivity index (χ2v) is 4.76. The van der Waals surface area contributed by atoms with E-state index in [1.165, 1.54) is 0 Å². The van der Waals surface area contributed by atoms with Gasteiger partial charge in [0.15, 0.2) is 0 Å². The van der Waals surface area contributed by atoms with Gasteiger partial charge in [-0.15, -0.1) is 0 Å². The van der Waals surface area contributed by atoms with Crippen LogP contribution in [0.25, 0.3) is 0 Å². The standard InChI is InChI=1S/C14H20N2O2/c1-16(2)13-8-4-3-7-12(13)14(17)15-10-11-6-5-9-18-11/h3-4,7-8,11H,5-6,9-10H2,1-2H3,(H,15,17). The highest BCUT2D eigenvalue weighted by molar-refractivity contribution is 5.99. The average molecular weight is 248 g/mol. The third-order valence-electron chi connectivity index (χ3n) is 3.14. The molecule has 1 aliphatic heterocycles. The van der Waals surface area contributed by atoms with Crippen LogP contribution < -0.4 is 10.2 Å². The highest BCUT2D eigenvalue weighted by atomic mass is 16.5. The molecule has 4 heteroatoms. The molecular weight excluding hydrogens is 228 g/mol. The van der Waals surface area contributed by atoms with Gasteiger partial charge < -0.3 is 15.0 Å². The van der Waals surface area contributed by atoms with E-state index in [1.807, 2.05) is 43.3 Å². The molecular formula is C14H20N2O2. The van der Waals surface area contributed by atoms with Crippen LogP contribution in [0.1, 0.15) is 23.2 Å². The van der Waals surface area contributed by atoms with E-state index in [-0.39, 0.29) is 12.0 Å². The van der Waals surface area contributed by atoms with Crippen molar-refractivity contribution in [3.63, 3.8) is 0 Å². The Labute approximate surface area is 108 Å². The fourth-order valence-corrected chi connectivity index (χ4v) is 2.16. The minimum atomic E-state index is -0.0326. The van der Waals surface area contributed by atoms with Gasteiger partial charge in [-0.25, -0.2) is 0 Å². The number of ether oxygens (including phenoxy) is 1. The lowest BCUT2D eigenvalue weighted by molar-refractivity contribution is 0.0858. The van der Waals surface area contributed by atoms with Gasteiger partial charge in [0.05, 0.1) is 11.7 Å². The molecule has 2 rings (SSSR count). The van der Waals surface area contributed by atoms with E-state index < -0.39 is 0 Å². The van der Waals surface area contributed by atoms with E-state index in [9.17, 15) is 4.79 Å². The lowest BCUT2D eigenvalue weighted by Crippen LogP contribution is -2.32. The number of nitrogens with one attached hydrogen (secondary N) is 1. The zero-order valence-corrected chi connectivity index (χ0v) is 11.0. The molecule has 0 saturated carbocycles. The van der Waals surface area contributed by atoms with Gasteiger partial charge in [0, 0.05) is 32.9 Å². The molecule has 1 unspecified atom stereocenters. The second-order valence-electron chi connectivity index (χ2n) is 4.76. The Hall–Kier alpha value is -1.55. The molecule has 1 fully saturated rings. The maximum atomic E-state index is 12.1. The Balaban J connectivity index is 1.99. The predicted octanol–water partition coefficient (Wildman–Crippen LogP) is 1.66. The lowest BCUT2D eigenvalue weighted by Gasteiger charge is -2.17. The SMILES string of the molecule is CN(C)c1ccccc1C(=O)NCC1CCCO1. The Bertz CT molecular complexity index is 412. The molecule has 0 aliphatic carbocycles. The molecule has 1 N–H and O–H groups in total. The lowest BCUT2D eigenvalue weighted by atomic mass is 10.1. The number of para-hydroxylation sites is 1. The molecule has 1 aromatic rings. The van der Waals surface area contributed by atoms with Crippen LogP contribution in [0.3, 0.4) is 0 Å². The van der Waals surface area contributed by atoms with Gasteiger partial charge in [-0.1, -0.05) is 12.1 Å². The van der Waals surface area contributed by atoms with Crippen LogP contribution in [0, 0.1) is 0 Å². The van der Waals surface area contributed by atoms with Crippen molar-refractivity contribution in [2.75, 3.05) is 32.1 Å². The van der Waals surface area contributed by atoms with Gasteiger partial charge in [-0.05, 0) is 25.0 Å². The summed E-state index contributed by atoms with van der Waals surface area (Å²) in [5, 5.41) is 2.95. The number of hydrogen-bond donors (Lipinski definition) is 1. The molecule has 1 amide bonds. The van der Waals surface area contributed by atoms with E-state index in [1.54, 1.807) is 0 Å². The molecule has 4 nitrogen and oxygen atoms in total. The largest absolute Gasteiger partial charge is 0.377 e. The van der Waals surface area contributed by atoms with Crippen LogP contribution in [0.4, 0.5) is 5.69 Å². The molecule has 18 heavy (non-hydrogen) atoms. The average Bonchev–Trinajstić information content (AvgIpc) is 2.89. The highest BCUT2D eigenvalue weighted by Gasteiger charge is 2.18. The molecule has 0 aromatic heterocycles. The fraction of sp³-hybridized carbons (Fsp3) is 0.500. The van der Waals surface area contributed by atoms with Gasteiger partial charge in [-0.3, -0.25) is 4.79 Å². The zero-order chi connectivity index (χ0) is 13.0. The predicted molar refractivity (Wildman–Crippen MR) is 72.1 cm³/mol. The number of benzene rings is 1. The molecule has 0 bridgehead atoms. The van der Waals surface area contributed by atoms with Crippen molar-refractivity contribution in [2.45, 2.75) is 18.9 Å². The number of amides is 1. The van der Waals surface area contributed by atoms with Gasteiger partial charge in [0.25, 0.3) is 5.91 Å². The van der Waals surface area contributed by atoms with Gasteiger partial charge in [0.1, 0.15) is 0 Å². The first kappa shape index (κ1) is 12.9. The summed E-state index contributed by atoms with van der Waals surface area (Å²) in [7, 11) is 3.87. The van der Waals surface area contributed by atoms with Crippen LogP contribution in [0.5, 0.6) is 0 Å². The maximum absolute atomic E-state index is 12.1. The summed E-state index contributed by atoms with van der Waals surface area (Å²) in [5.74, 6) is -0.0326. The van der Waals surface area contributed by atoms with Crippen molar-refractivity contribution >= 4 is 11.6 Å². The molecule has 1 heterocycles. The summed E-state index contributed by atoms with van der Waals surface area (Å²) in [4.78, 5) is 14.1. The maximum Gasteiger partial charge on any atom is 0.253 e. The Morgan fingerprint density at radius 1 is 1.44 bits per heavy atom. The molecule has 98 valence electrons. The fourth-order valence-electron chi connectivity index (χ4n) is 2.16. The molecule has 1 aromatic carbocycles. The third-order valence-corrected chi connectivity index (χ3v) is 3.14. The first-order valence-corrected chi connectivity index (χ1v) is 6.34. The minimum Gasteiger partial charge on any atom is -0.377 e. The zero-order valence-electron chi connectivity index (χ0n) is 11.0. The Morgan fingerprint density at radius 2 is 2.22 bits per heavy atom. The van der Waals surface area contributed by atoms with Crippen LogP contribution in [-0.2, 0) is 4.74 Å². The van der Waals surface area contributed by atoms with E-state index >= 15 is 0 Å². The third kappa shape index (κ3) is 3.01. The molecule has 0 spiro atoms. The number of nitrogens with zero attached hydrogens (tertiary/aromatic N) is 1. The van der Waals surface area contributed by atoms with Gasteiger partial charge >= 0.3 is 0 Å². The van der Waals surface area contributed by atoms with E-state index in [2.05, 4.69) is 5.32 Å². The summed E-state index contributed by atoms with van der Waals surface area (Å²) in [5.41, 5.74) is 1.64. The first-order chi connectivity index (χ1) is 8.68. The normalized spacial score (nSPS) is 18.7. The summed E-state index contributed by atoms with van der Waals surface area (Å²) >= 11 is 0. The van der Waals surface area contributed by atoms with Gasteiger partial charge in [-0.2, -0.15) is 0 Å². The first-order valence-electron chi connectivity index (χ1n) is 6.34. The van der Waals surface area contributed by atoms with Gasteiger partial charge in [0.2, 0.25) is 0 Å². The van der Waals surface area contributed by atoms with E-state index in [0.29, 0.717) is 12.1 Å². The Kier molecular flexibility index (Phi) is 4.20. The summed E-state index contributed by atoms with van der Waals surface area (Å²) < 4.78 is 5.49.